The van der Waals surface area contributed by atoms with Crippen LogP contribution in [0.4, 0.5) is 0 Å². The lowest BCUT2D eigenvalue weighted by atomic mass is 10.1. The minimum Gasteiger partial charge on any atom is -0.142 e. The van der Waals surface area contributed by atoms with Crippen molar-refractivity contribution in [2.75, 3.05) is 0 Å². The molecule has 1 heterocycles. The van der Waals surface area contributed by atoms with E-state index < -0.39 is 0 Å². The van der Waals surface area contributed by atoms with Crippen LogP contribution in [-0.2, 0) is 0 Å². The number of halogens is 1. The zero-order valence-electron chi connectivity index (χ0n) is 7.83. The van der Waals surface area contributed by atoms with Gasteiger partial charge in [0.25, 0.3) is 0 Å². The maximum absolute atomic E-state index is 5.73. The number of hydrogen-bond donors (Lipinski definition) is 0. The van der Waals surface area contributed by atoms with Crippen LogP contribution >= 0.6 is 22.9 Å². The average molecular weight is 217 g/mol. The van der Waals surface area contributed by atoms with E-state index in [1.807, 2.05) is 0 Å². The standard InChI is InChI=1S/C9H13ClN2S/c1-5(2)3-6-4-7(6)8-11-12-9(10)13-8/h5-7H,3-4H2,1-2H3. The Balaban J connectivity index is 1.92. The van der Waals surface area contributed by atoms with Crippen LogP contribution in [0, 0.1) is 11.8 Å². The molecule has 2 rings (SSSR count). The van der Waals surface area contributed by atoms with E-state index in [9.17, 15) is 0 Å². The molecule has 4 heteroatoms. The van der Waals surface area contributed by atoms with Crippen molar-refractivity contribution < 1.29 is 0 Å². The molecular formula is C9H13ClN2S. The van der Waals surface area contributed by atoms with Gasteiger partial charge in [-0.2, -0.15) is 0 Å². The SMILES string of the molecule is CC(C)CC1CC1c1nnc(Cl)s1. The first-order valence-electron chi connectivity index (χ1n) is 4.65. The molecule has 1 saturated carbocycles. The van der Waals surface area contributed by atoms with Gasteiger partial charge in [-0.25, -0.2) is 0 Å². The molecule has 2 atom stereocenters. The van der Waals surface area contributed by atoms with E-state index in [-0.39, 0.29) is 0 Å². The Morgan fingerprint density at radius 3 is 2.85 bits per heavy atom. The topological polar surface area (TPSA) is 25.8 Å². The number of rotatable bonds is 3. The van der Waals surface area contributed by atoms with Gasteiger partial charge in [-0.05, 0) is 36.3 Å². The molecule has 1 fully saturated rings. The molecule has 13 heavy (non-hydrogen) atoms. The maximum Gasteiger partial charge on any atom is 0.207 e. The van der Waals surface area contributed by atoms with E-state index in [1.54, 1.807) is 0 Å². The summed E-state index contributed by atoms with van der Waals surface area (Å²) < 4.78 is 0.574. The lowest BCUT2D eigenvalue weighted by Crippen LogP contribution is -1.90. The Kier molecular flexibility index (Phi) is 2.56. The predicted octanol–water partition coefficient (Wildman–Crippen LogP) is 3.34. The molecular weight excluding hydrogens is 204 g/mol. The van der Waals surface area contributed by atoms with Gasteiger partial charge in [0.2, 0.25) is 4.47 Å². The first-order valence-corrected chi connectivity index (χ1v) is 5.85. The Morgan fingerprint density at radius 2 is 2.31 bits per heavy atom. The van der Waals surface area contributed by atoms with E-state index in [4.69, 9.17) is 11.6 Å². The second kappa shape index (κ2) is 3.54. The van der Waals surface area contributed by atoms with Gasteiger partial charge in [0.05, 0.1) is 0 Å². The molecule has 72 valence electrons. The number of nitrogens with zero attached hydrogens (tertiary/aromatic N) is 2. The zero-order valence-corrected chi connectivity index (χ0v) is 9.40. The predicted molar refractivity (Wildman–Crippen MR) is 55.2 cm³/mol. The van der Waals surface area contributed by atoms with Crippen LogP contribution in [0.1, 0.15) is 37.6 Å². The molecule has 1 aliphatic carbocycles. The molecule has 0 saturated heterocycles. The fourth-order valence-corrected chi connectivity index (χ4v) is 2.83. The van der Waals surface area contributed by atoms with Gasteiger partial charge in [-0.15, -0.1) is 10.2 Å². The highest BCUT2D eigenvalue weighted by molar-refractivity contribution is 7.15. The van der Waals surface area contributed by atoms with E-state index >= 15 is 0 Å². The van der Waals surface area contributed by atoms with Crippen molar-refractivity contribution in [3.05, 3.63) is 9.47 Å². The summed E-state index contributed by atoms with van der Waals surface area (Å²) in [5.74, 6) is 2.29. The zero-order chi connectivity index (χ0) is 9.42. The second-order valence-corrected chi connectivity index (χ2v) is 5.72. The molecule has 0 radical (unpaired) electrons. The molecule has 1 aromatic rings. The fourth-order valence-electron chi connectivity index (χ4n) is 1.78. The van der Waals surface area contributed by atoms with E-state index in [2.05, 4.69) is 24.0 Å². The van der Waals surface area contributed by atoms with Gasteiger partial charge in [0.1, 0.15) is 5.01 Å². The van der Waals surface area contributed by atoms with Crippen molar-refractivity contribution in [3.8, 4) is 0 Å². The summed E-state index contributed by atoms with van der Waals surface area (Å²) in [4.78, 5) is 0. The van der Waals surface area contributed by atoms with Crippen molar-refractivity contribution in [1.29, 1.82) is 0 Å². The van der Waals surface area contributed by atoms with E-state index in [0.29, 0.717) is 10.4 Å². The first kappa shape index (κ1) is 9.41. The van der Waals surface area contributed by atoms with Crippen molar-refractivity contribution in [1.82, 2.24) is 10.2 Å². The summed E-state index contributed by atoms with van der Waals surface area (Å²) in [6, 6.07) is 0. The van der Waals surface area contributed by atoms with Gasteiger partial charge in [0, 0.05) is 5.92 Å². The molecule has 2 nitrogen and oxygen atoms in total. The molecule has 0 spiro atoms. The summed E-state index contributed by atoms with van der Waals surface area (Å²) in [5.41, 5.74) is 0. The Bertz CT molecular complexity index is 298. The second-order valence-electron chi connectivity index (χ2n) is 4.13. The third-order valence-corrected chi connectivity index (χ3v) is 3.58. The van der Waals surface area contributed by atoms with Crippen LogP contribution in [0.2, 0.25) is 4.47 Å². The van der Waals surface area contributed by atoms with Gasteiger partial charge >= 0.3 is 0 Å². The molecule has 0 N–H and O–H groups in total. The van der Waals surface area contributed by atoms with Gasteiger partial charge in [-0.1, -0.05) is 25.2 Å². The number of hydrogen-bond acceptors (Lipinski definition) is 3. The van der Waals surface area contributed by atoms with Crippen molar-refractivity contribution in [2.45, 2.75) is 32.6 Å². The molecule has 0 bridgehead atoms. The van der Waals surface area contributed by atoms with E-state index in [1.165, 1.54) is 24.2 Å². The third kappa shape index (κ3) is 2.20. The van der Waals surface area contributed by atoms with Crippen LogP contribution in [0.25, 0.3) is 0 Å². The van der Waals surface area contributed by atoms with Crippen LogP contribution in [0.15, 0.2) is 0 Å². The lowest BCUT2D eigenvalue weighted by molar-refractivity contribution is 0.531. The molecule has 0 amide bonds. The molecule has 1 aromatic heterocycles. The summed E-state index contributed by atoms with van der Waals surface area (Å²) in [6.45, 7) is 4.53. The molecule has 2 unspecified atom stereocenters. The minimum atomic E-state index is 0.574. The molecule has 1 aliphatic rings. The molecule has 0 aromatic carbocycles. The summed E-state index contributed by atoms with van der Waals surface area (Å²) in [7, 11) is 0. The van der Waals surface area contributed by atoms with E-state index in [0.717, 1.165) is 16.8 Å². The van der Waals surface area contributed by atoms with Gasteiger partial charge < -0.3 is 0 Å². The minimum absolute atomic E-state index is 0.574. The highest BCUT2D eigenvalue weighted by Crippen LogP contribution is 2.51. The van der Waals surface area contributed by atoms with Crippen molar-refractivity contribution >= 4 is 22.9 Å². The lowest BCUT2D eigenvalue weighted by Gasteiger charge is -2.00. The average Bonchev–Trinajstić information content (AvgIpc) is 2.63. The fraction of sp³-hybridized carbons (Fsp3) is 0.778. The van der Waals surface area contributed by atoms with Crippen molar-refractivity contribution in [2.24, 2.45) is 11.8 Å². The summed E-state index contributed by atoms with van der Waals surface area (Å²) >= 11 is 7.26. The Morgan fingerprint density at radius 1 is 1.54 bits per heavy atom. The normalized spacial score (nSPS) is 26.8. The third-order valence-electron chi connectivity index (χ3n) is 2.43. The van der Waals surface area contributed by atoms with Crippen LogP contribution in [0.5, 0.6) is 0 Å². The largest absolute Gasteiger partial charge is 0.207 e. The van der Waals surface area contributed by atoms with Crippen LogP contribution in [0.3, 0.4) is 0 Å². The summed E-state index contributed by atoms with van der Waals surface area (Å²) in [5, 5.41) is 9.03. The van der Waals surface area contributed by atoms with Gasteiger partial charge in [-0.3, -0.25) is 0 Å². The molecule has 0 aliphatic heterocycles. The first-order chi connectivity index (χ1) is 6.16. The summed E-state index contributed by atoms with van der Waals surface area (Å²) in [6.07, 6.45) is 2.59. The van der Waals surface area contributed by atoms with Crippen LogP contribution in [-0.4, -0.2) is 10.2 Å². The van der Waals surface area contributed by atoms with Gasteiger partial charge in [0.15, 0.2) is 0 Å². The quantitative estimate of drug-likeness (QED) is 0.775. The van der Waals surface area contributed by atoms with Crippen molar-refractivity contribution in [3.63, 3.8) is 0 Å². The highest BCUT2D eigenvalue weighted by Gasteiger charge is 2.40. The number of aromatic nitrogens is 2. The Labute approximate surface area is 87.3 Å². The highest BCUT2D eigenvalue weighted by atomic mass is 35.5. The monoisotopic (exact) mass is 216 g/mol. The smallest absolute Gasteiger partial charge is 0.142 e. The van der Waals surface area contributed by atoms with Crippen LogP contribution < -0.4 is 0 Å². The Hall–Kier alpha value is -0.150. The maximum atomic E-state index is 5.73.